The predicted molar refractivity (Wildman–Crippen MR) is 140 cm³/mol. The minimum atomic E-state index is -0.739. The standard InChI is InChI=1S/C28H27ClN4O3/c1-19(2)15-26(32-27(34)21-9-11-24(29)12-10-21)28(35)33-31-17-20-7-13-25(14-8-20)36-18-23-6-4-3-5-22(23)16-30/h3-14,17,19,26H,15,18H2,1-2H3,(H,32,34)(H,33,35). The molecular formula is C28H27ClN4O3. The van der Waals surface area contributed by atoms with Gasteiger partial charge in [-0.25, -0.2) is 5.43 Å². The minimum Gasteiger partial charge on any atom is -0.489 e. The van der Waals surface area contributed by atoms with Crippen LogP contribution in [-0.4, -0.2) is 24.1 Å². The number of carbonyl (C=O) groups is 2. The first kappa shape index (κ1) is 26.5. The third-order valence-electron chi connectivity index (χ3n) is 5.24. The molecule has 0 aliphatic carbocycles. The summed E-state index contributed by atoms with van der Waals surface area (Å²) in [6.45, 7) is 4.23. The van der Waals surface area contributed by atoms with Gasteiger partial charge in [0.05, 0.1) is 17.8 Å². The lowest BCUT2D eigenvalue weighted by Gasteiger charge is -2.19. The molecular weight excluding hydrogens is 476 g/mol. The zero-order valence-corrected chi connectivity index (χ0v) is 20.8. The molecule has 2 N–H and O–H groups in total. The molecule has 0 bridgehead atoms. The first-order valence-corrected chi connectivity index (χ1v) is 11.8. The molecule has 0 radical (unpaired) electrons. The van der Waals surface area contributed by atoms with Crippen molar-refractivity contribution in [2.75, 3.05) is 0 Å². The van der Waals surface area contributed by atoms with E-state index in [0.29, 0.717) is 28.3 Å². The van der Waals surface area contributed by atoms with Gasteiger partial charge in [0.1, 0.15) is 18.4 Å². The summed E-state index contributed by atoms with van der Waals surface area (Å²) >= 11 is 5.88. The normalized spacial score (nSPS) is 11.6. The van der Waals surface area contributed by atoms with E-state index in [1.807, 2.05) is 32.0 Å². The van der Waals surface area contributed by atoms with E-state index < -0.39 is 11.9 Å². The fraction of sp³-hybridized carbons (Fsp3) is 0.214. The van der Waals surface area contributed by atoms with Crippen molar-refractivity contribution in [1.82, 2.24) is 10.7 Å². The Labute approximate surface area is 215 Å². The van der Waals surface area contributed by atoms with Gasteiger partial charge in [-0.3, -0.25) is 9.59 Å². The number of nitrogens with zero attached hydrogens (tertiary/aromatic N) is 2. The first-order chi connectivity index (χ1) is 17.4. The van der Waals surface area contributed by atoms with Crippen molar-refractivity contribution in [3.05, 3.63) is 100 Å². The number of halogens is 1. The predicted octanol–water partition coefficient (Wildman–Crippen LogP) is 5.09. The van der Waals surface area contributed by atoms with Crippen LogP contribution in [0.4, 0.5) is 0 Å². The van der Waals surface area contributed by atoms with Gasteiger partial charge in [-0.05, 0) is 72.5 Å². The van der Waals surface area contributed by atoms with Gasteiger partial charge >= 0.3 is 0 Å². The van der Waals surface area contributed by atoms with Crippen molar-refractivity contribution in [3.63, 3.8) is 0 Å². The molecule has 1 atom stereocenters. The van der Waals surface area contributed by atoms with Crippen molar-refractivity contribution >= 4 is 29.6 Å². The van der Waals surface area contributed by atoms with E-state index in [2.05, 4.69) is 21.9 Å². The maximum atomic E-state index is 12.7. The average Bonchev–Trinajstić information content (AvgIpc) is 2.88. The number of benzene rings is 3. The third-order valence-corrected chi connectivity index (χ3v) is 5.49. The van der Waals surface area contributed by atoms with Crippen molar-refractivity contribution < 1.29 is 14.3 Å². The highest BCUT2D eigenvalue weighted by atomic mass is 35.5. The van der Waals surface area contributed by atoms with Crippen LogP contribution < -0.4 is 15.5 Å². The minimum absolute atomic E-state index is 0.183. The van der Waals surface area contributed by atoms with Gasteiger partial charge in [0, 0.05) is 16.1 Å². The van der Waals surface area contributed by atoms with Crippen LogP contribution >= 0.6 is 11.6 Å². The summed E-state index contributed by atoms with van der Waals surface area (Å²) in [5, 5.41) is 16.5. The highest BCUT2D eigenvalue weighted by Crippen LogP contribution is 2.16. The highest BCUT2D eigenvalue weighted by molar-refractivity contribution is 6.30. The van der Waals surface area contributed by atoms with Gasteiger partial charge < -0.3 is 10.1 Å². The Balaban J connectivity index is 1.55. The molecule has 184 valence electrons. The Bertz CT molecular complexity index is 1250. The van der Waals surface area contributed by atoms with Crippen molar-refractivity contribution in [2.45, 2.75) is 32.9 Å². The first-order valence-electron chi connectivity index (χ1n) is 11.5. The lowest BCUT2D eigenvalue weighted by Crippen LogP contribution is -2.46. The largest absolute Gasteiger partial charge is 0.489 e. The Hall–Kier alpha value is -4.15. The van der Waals surface area contributed by atoms with Gasteiger partial charge in [0.15, 0.2) is 0 Å². The molecule has 36 heavy (non-hydrogen) atoms. The van der Waals surface area contributed by atoms with Crippen LogP contribution in [0.15, 0.2) is 77.9 Å². The number of nitrogens with one attached hydrogen (secondary N) is 2. The van der Waals surface area contributed by atoms with Gasteiger partial charge in [0.2, 0.25) is 0 Å². The van der Waals surface area contributed by atoms with E-state index in [0.717, 1.165) is 11.1 Å². The Kier molecular flexibility index (Phi) is 9.61. The Morgan fingerprint density at radius 2 is 1.75 bits per heavy atom. The summed E-state index contributed by atoms with van der Waals surface area (Å²) in [5.74, 6) is 0.0663. The molecule has 0 heterocycles. The molecule has 7 nitrogen and oxygen atoms in total. The fourth-order valence-corrected chi connectivity index (χ4v) is 3.49. The monoisotopic (exact) mass is 502 g/mol. The van der Waals surface area contributed by atoms with Gasteiger partial charge in [-0.15, -0.1) is 0 Å². The fourth-order valence-electron chi connectivity index (χ4n) is 3.36. The SMILES string of the molecule is CC(C)CC(NC(=O)c1ccc(Cl)cc1)C(=O)NN=Cc1ccc(OCc2ccccc2C#N)cc1. The number of nitriles is 1. The summed E-state index contributed by atoms with van der Waals surface area (Å²) in [4.78, 5) is 25.3. The molecule has 0 aliphatic rings. The molecule has 0 saturated carbocycles. The molecule has 0 aliphatic heterocycles. The Morgan fingerprint density at radius 1 is 1.06 bits per heavy atom. The van der Waals surface area contributed by atoms with Crippen LogP contribution in [0.5, 0.6) is 5.75 Å². The lowest BCUT2D eigenvalue weighted by atomic mass is 10.0. The molecule has 3 rings (SSSR count). The second kappa shape index (κ2) is 13.1. The molecule has 2 amide bonds. The van der Waals surface area contributed by atoms with E-state index >= 15 is 0 Å². The van der Waals surface area contributed by atoms with Crippen LogP contribution in [0.1, 0.15) is 47.3 Å². The number of amides is 2. The lowest BCUT2D eigenvalue weighted by molar-refractivity contribution is -0.123. The van der Waals surface area contributed by atoms with Crippen molar-refractivity contribution in [2.24, 2.45) is 11.0 Å². The second-order valence-corrected chi connectivity index (χ2v) is 8.96. The van der Waals surface area contributed by atoms with Crippen LogP contribution in [0, 0.1) is 17.2 Å². The van der Waals surface area contributed by atoms with Crippen LogP contribution in [-0.2, 0) is 11.4 Å². The smallest absolute Gasteiger partial charge is 0.262 e. The van der Waals surface area contributed by atoms with Crippen LogP contribution in [0.2, 0.25) is 5.02 Å². The number of carbonyl (C=O) groups excluding carboxylic acids is 2. The molecule has 0 saturated heterocycles. The quantitative estimate of drug-likeness (QED) is 0.298. The number of ether oxygens (including phenoxy) is 1. The maximum Gasteiger partial charge on any atom is 0.262 e. The molecule has 0 fully saturated rings. The van der Waals surface area contributed by atoms with Crippen LogP contribution in [0.25, 0.3) is 0 Å². The third kappa shape index (κ3) is 7.97. The van der Waals surface area contributed by atoms with E-state index in [9.17, 15) is 14.9 Å². The number of hydrogen-bond acceptors (Lipinski definition) is 5. The topological polar surface area (TPSA) is 104 Å². The summed E-state index contributed by atoms with van der Waals surface area (Å²) in [5.41, 5.74) is 5.08. The van der Waals surface area contributed by atoms with Crippen molar-refractivity contribution in [1.29, 1.82) is 5.26 Å². The molecule has 0 aromatic heterocycles. The van der Waals surface area contributed by atoms with Crippen molar-refractivity contribution in [3.8, 4) is 11.8 Å². The summed E-state index contributed by atoms with van der Waals surface area (Å²) in [6.07, 6.45) is 1.97. The molecule has 1 unspecified atom stereocenters. The van der Waals surface area contributed by atoms with Gasteiger partial charge in [0.25, 0.3) is 11.8 Å². The number of hydrazone groups is 1. The second-order valence-electron chi connectivity index (χ2n) is 8.52. The van der Waals surface area contributed by atoms with E-state index in [4.69, 9.17) is 16.3 Å². The molecule has 3 aromatic carbocycles. The average molecular weight is 503 g/mol. The molecule has 0 spiro atoms. The van der Waals surface area contributed by atoms with Crippen LogP contribution in [0.3, 0.4) is 0 Å². The summed E-state index contributed by atoms with van der Waals surface area (Å²) in [6, 6.07) is 22.3. The van der Waals surface area contributed by atoms with Gasteiger partial charge in [-0.2, -0.15) is 10.4 Å². The maximum absolute atomic E-state index is 12.7. The highest BCUT2D eigenvalue weighted by Gasteiger charge is 2.22. The van der Waals surface area contributed by atoms with E-state index in [-0.39, 0.29) is 18.4 Å². The molecule has 3 aromatic rings. The molecule has 8 heteroatoms. The Morgan fingerprint density at radius 3 is 2.42 bits per heavy atom. The number of hydrogen-bond donors (Lipinski definition) is 2. The number of rotatable bonds is 10. The zero-order valence-electron chi connectivity index (χ0n) is 20.1. The summed E-state index contributed by atoms with van der Waals surface area (Å²) < 4.78 is 5.77. The van der Waals surface area contributed by atoms with Gasteiger partial charge in [-0.1, -0.05) is 43.6 Å². The summed E-state index contributed by atoms with van der Waals surface area (Å²) in [7, 11) is 0. The van der Waals surface area contributed by atoms with E-state index in [1.165, 1.54) is 6.21 Å². The van der Waals surface area contributed by atoms with E-state index in [1.54, 1.807) is 54.6 Å². The zero-order chi connectivity index (χ0) is 25.9.